The highest BCUT2D eigenvalue weighted by atomic mass is 16.5. The topological polar surface area (TPSA) is 108 Å². The number of carbonyl (C=O) groups excluding carboxylic acids is 2. The van der Waals surface area contributed by atoms with Gasteiger partial charge in [0.2, 0.25) is 5.91 Å². The van der Waals surface area contributed by atoms with Gasteiger partial charge in [0.25, 0.3) is 0 Å². The molecule has 2 amide bonds. The highest BCUT2D eigenvalue weighted by Gasteiger charge is 2.30. The number of amides is 2. The molecule has 0 spiro atoms. The monoisotopic (exact) mass is 463 g/mol. The fourth-order valence-corrected chi connectivity index (χ4v) is 4.52. The predicted octanol–water partition coefficient (Wildman–Crippen LogP) is 2.75. The van der Waals surface area contributed by atoms with Crippen molar-refractivity contribution in [3.8, 4) is 11.1 Å². The molecule has 4 rings (SSSR count). The predicted molar refractivity (Wildman–Crippen MR) is 127 cm³/mol. The molecule has 8 nitrogen and oxygen atoms in total. The van der Waals surface area contributed by atoms with Crippen LogP contribution in [-0.4, -0.2) is 66.8 Å². The van der Waals surface area contributed by atoms with E-state index in [4.69, 9.17) is 4.74 Å². The zero-order valence-corrected chi connectivity index (χ0v) is 18.9. The van der Waals surface area contributed by atoms with Crippen LogP contribution in [0, 0.1) is 0 Å². The van der Waals surface area contributed by atoms with E-state index in [1.54, 1.807) is 0 Å². The number of aliphatic carboxylic acids is 1. The number of hydrogen-bond acceptors (Lipinski definition) is 5. The fraction of sp³-hybridized carbons (Fsp3) is 0.346. The first-order valence-corrected chi connectivity index (χ1v) is 11.5. The second kappa shape index (κ2) is 11.0. The van der Waals surface area contributed by atoms with Gasteiger partial charge in [0.05, 0.1) is 6.42 Å². The number of benzene rings is 2. The van der Waals surface area contributed by atoms with Crippen LogP contribution in [0.3, 0.4) is 0 Å². The Morgan fingerprint density at radius 3 is 2.32 bits per heavy atom. The number of rotatable bonds is 9. The van der Waals surface area contributed by atoms with Crippen LogP contribution in [0.4, 0.5) is 4.79 Å². The van der Waals surface area contributed by atoms with Gasteiger partial charge in [0.1, 0.15) is 12.6 Å². The number of carboxylic acid groups (broad SMARTS) is 1. The maximum absolute atomic E-state index is 12.6. The summed E-state index contributed by atoms with van der Waals surface area (Å²) in [7, 11) is 0. The average molecular weight is 464 g/mol. The van der Waals surface area contributed by atoms with Gasteiger partial charge >= 0.3 is 12.1 Å². The molecule has 34 heavy (non-hydrogen) atoms. The second-order valence-corrected chi connectivity index (χ2v) is 8.47. The summed E-state index contributed by atoms with van der Waals surface area (Å²) < 4.78 is 5.46. The molecule has 2 aliphatic rings. The molecule has 2 aromatic carbocycles. The van der Waals surface area contributed by atoms with Crippen molar-refractivity contribution in [2.75, 3.05) is 32.8 Å². The Morgan fingerprint density at radius 1 is 1.03 bits per heavy atom. The minimum atomic E-state index is -1.21. The summed E-state index contributed by atoms with van der Waals surface area (Å²) in [6, 6.07) is 14.7. The molecule has 0 saturated carbocycles. The van der Waals surface area contributed by atoms with E-state index in [2.05, 4.69) is 27.7 Å². The lowest BCUT2D eigenvalue weighted by atomic mass is 9.98. The van der Waals surface area contributed by atoms with Gasteiger partial charge in [-0.05, 0) is 28.7 Å². The van der Waals surface area contributed by atoms with Crippen LogP contribution < -0.4 is 10.6 Å². The summed E-state index contributed by atoms with van der Waals surface area (Å²) in [5.74, 6) is -1.84. The van der Waals surface area contributed by atoms with E-state index in [9.17, 15) is 19.5 Å². The molecule has 0 radical (unpaired) electrons. The maximum atomic E-state index is 12.6. The quantitative estimate of drug-likeness (QED) is 0.494. The fourth-order valence-electron chi connectivity index (χ4n) is 4.52. The molecular formula is C26H29N3O5. The van der Waals surface area contributed by atoms with Gasteiger partial charge in [-0.2, -0.15) is 0 Å². The van der Waals surface area contributed by atoms with Crippen molar-refractivity contribution in [1.82, 2.24) is 15.5 Å². The molecule has 2 aromatic rings. The Hall–Kier alpha value is -3.65. The molecule has 8 heteroatoms. The molecule has 1 aliphatic carbocycles. The van der Waals surface area contributed by atoms with Crippen LogP contribution in [0.5, 0.6) is 0 Å². The molecule has 3 N–H and O–H groups in total. The van der Waals surface area contributed by atoms with Crippen molar-refractivity contribution in [3.05, 3.63) is 71.8 Å². The summed E-state index contributed by atoms with van der Waals surface area (Å²) in [5, 5.41) is 14.4. The average Bonchev–Trinajstić information content (AvgIpc) is 3.16. The molecule has 1 unspecified atom stereocenters. The van der Waals surface area contributed by atoms with E-state index in [1.165, 1.54) is 0 Å². The van der Waals surface area contributed by atoms with Gasteiger partial charge < -0.3 is 20.5 Å². The Kier molecular flexibility index (Phi) is 7.59. The van der Waals surface area contributed by atoms with Crippen molar-refractivity contribution >= 4 is 18.0 Å². The zero-order chi connectivity index (χ0) is 23.9. The lowest BCUT2D eigenvalue weighted by molar-refractivity contribution is -0.139. The number of carbonyl (C=O) groups is 3. The van der Waals surface area contributed by atoms with E-state index < -0.39 is 30.4 Å². The highest BCUT2D eigenvalue weighted by molar-refractivity contribution is 5.89. The number of alkyl carbamates (subject to hydrolysis) is 1. The number of fused-ring (bicyclic) bond motifs is 3. The lowest BCUT2D eigenvalue weighted by Gasteiger charge is -2.23. The van der Waals surface area contributed by atoms with Crippen molar-refractivity contribution in [2.45, 2.75) is 24.8 Å². The molecule has 0 bridgehead atoms. The Bertz CT molecular complexity index is 1040. The molecular weight excluding hydrogens is 434 g/mol. The van der Waals surface area contributed by atoms with Crippen LogP contribution in [0.1, 0.15) is 29.9 Å². The molecule has 0 fully saturated rings. The molecule has 0 saturated heterocycles. The minimum Gasteiger partial charge on any atom is -0.481 e. The molecule has 178 valence electrons. The van der Waals surface area contributed by atoms with Gasteiger partial charge in [0.15, 0.2) is 0 Å². The standard InChI is InChI=1S/C26H29N3O5/c30-24(31)16-23(25(32)27-12-15-29-13-6-1-7-14-29)28-26(33)34-17-22-20-10-4-2-8-18(20)19-9-3-5-11-21(19)22/h1-6,8-11,22-23H,7,12-17H2,(H,27,32)(H,28,33)(H,30,31). The van der Waals surface area contributed by atoms with Crippen LogP contribution in [-0.2, 0) is 14.3 Å². The van der Waals surface area contributed by atoms with Gasteiger partial charge in [-0.1, -0.05) is 60.7 Å². The van der Waals surface area contributed by atoms with Gasteiger partial charge in [-0.3, -0.25) is 14.5 Å². The van der Waals surface area contributed by atoms with Crippen molar-refractivity contribution in [2.24, 2.45) is 0 Å². The summed E-state index contributed by atoms with van der Waals surface area (Å²) >= 11 is 0. The first kappa shape index (κ1) is 23.5. The number of ether oxygens (including phenoxy) is 1. The van der Waals surface area contributed by atoms with Gasteiger partial charge in [-0.15, -0.1) is 0 Å². The van der Waals surface area contributed by atoms with Crippen molar-refractivity contribution in [1.29, 1.82) is 0 Å². The summed E-state index contributed by atoms with van der Waals surface area (Å²) in [6.45, 7) is 2.86. The number of carboxylic acids is 1. The third-order valence-electron chi connectivity index (χ3n) is 6.20. The first-order chi connectivity index (χ1) is 16.5. The normalized spacial score (nSPS) is 15.8. The van der Waals surface area contributed by atoms with E-state index in [0.29, 0.717) is 13.1 Å². The Balaban J connectivity index is 1.33. The van der Waals surface area contributed by atoms with E-state index >= 15 is 0 Å². The number of nitrogens with zero attached hydrogens (tertiary/aromatic N) is 1. The van der Waals surface area contributed by atoms with Gasteiger partial charge in [0, 0.05) is 32.1 Å². The SMILES string of the molecule is O=C(O)CC(NC(=O)OCC1c2ccccc2-c2ccccc21)C(=O)NCCN1CC=CCC1. The summed E-state index contributed by atoms with van der Waals surface area (Å²) in [4.78, 5) is 38.5. The van der Waals surface area contributed by atoms with Crippen LogP contribution in [0.2, 0.25) is 0 Å². The van der Waals surface area contributed by atoms with Crippen LogP contribution >= 0.6 is 0 Å². The second-order valence-electron chi connectivity index (χ2n) is 8.47. The van der Waals surface area contributed by atoms with E-state index in [0.717, 1.165) is 41.8 Å². The largest absolute Gasteiger partial charge is 0.481 e. The van der Waals surface area contributed by atoms with Crippen molar-refractivity contribution < 1.29 is 24.2 Å². The first-order valence-electron chi connectivity index (χ1n) is 11.5. The van der Waals surface area contributed by atoms with Gasteiger partial charge in [-0.25, -0.2) is 4.79 Å². The maximum Gasteiger partial charge on any atom is 0.407 e. The highest BCUT2D eigenvalue weighted by Crippen LogP contribution is 2.44. The van der Waals surface area contributed by atoms with E-state index in [1.807, 2.05) is 48.5 Å². The Labute approximate surface area is 198 Å². The Morgan fingerprint density at radius 2 is 1.71 bits per heavy atom. The smallest absolute Gasteiger partial charge is 0.407 e. The molecule has 0 aromatic heterocycles. The third-order valence-corrected chi connectivity index (χ3v) is 6.20. The van der Waals surface area contributed by atoms with Crippen LogP contribution in [0.25, 0.3) is 11.1 Å². The van der Waals surface area contributed by atoms with E-state index in [-0.39, 0.29) is 12.5 Å². The zero-order valence-electron chi connectivity index (χ0n) is 18.9. The lowest BCUT2D eigenvalue weighted by Crippen LogP contribution is -2.49. The summed E-state index contributed by atoms with van der Waals surface area (Å²) in [6.07, 6.45) is 3.83. The molecule has 1 atom stereocenters. The van der Waals surface area contributed by atoms with Crippen LogP contribution in [0.15, 0.2) is 60.7 Å². The molecule has 1 heterocycles. The summed E-state index contributed by atoms with van der Waals surface area (Å²) in [5.41, 5.74) is 4.37. The van der Waals surface area contributed by atoms with Crippen molar-refractivity contribution in [3.63, 3.8) is 0 Å². The number of hydrogen-bond donors (Lipinski definition) is 3. The minimum absolute atomic E-state index is 0.0871. The third kappa shape index (κ3) is 5.63. The molecule has 1 aliphatic heterocycles. The number of nitrogens with one attached hydrogen (secondary N) is 2.